The average molecular weight is 369 g/mol. The van der Waals surface area contributed by atoms with Crippen molar-refractivity contribution in [1.82, 2.24) is 5.32 Å². The van der Waals surface area contributed by atoms with Crippen molar-refractivity contribution in [3.05, 3.63) is 44.0 Å². The largest absolute Gasteiger partial charge is 0.459 e. The van der Waals surface area contributed by atoms with Gasteiger partial charge in [-0.2, -0.15) is 0 Å². The molecule has 1 rings (SSSR count). The van der Waals surface area contributed by atoms with Crippen LogP contribution in [0.2, 0.25) is 0 Å². The molecule has 0 aliphatic rings. The minimum atomic E-state index is -1.04. The van der Waals surface area contributed by atoms with Crippen molar-refractivity contribution in [1.29, 1.82) is 0 Å². The Kier molecular flexibility index (Phi) is 6.58. The first-order valence-electron chi connectivity index (χ1n) is 7.48. The Labute approximate surface area is 148 Å². The van der Waals surface area contributed by atoms with Crippen LogP contribution >= 0.6 is 0 Å². The number of nitrogens with one attached hydrogen (secondary N) is 1. The van der Waals surface area contributed by atoms with Gasteiger partial charge in [-0.25, -0.2) is 9.59 Å². The maximum absolute atomic E-state index is 11.9. The number of ether oxygens (including phenoxy) is 2. The third-order valence-corrected chi connectivity index (χ3v) is 2.85. The zero-order chi connectivity index (χ0) is 20.1. The lowest BCUT2D eigenvalue weighted by Crippen LogP contribution is -2.42. The molecular formula is C15H19N3O8. The predicted octanol–water partition coefficient (Wildman–Crippen LogP) is 2.46. The fourth-order valence-corrected chi connectivity index (χ4v) is 1.77. The van der Waals surface area contributed by atoms with Crippen molar-refractivity contribution in [2.45, 2.75) is 45.9 Å². The molecule has 0 heterocycles. The molecule has 0 spiro atoms. The second-order valence-corrected chi connectivity index (χ2v) is 6.35. The van der Waals surface area contributed by atoms with Gasteiger partial charge in [-0.15, -0.1) is 0 Å². The molecular weight excluding hydrogens is 350 g/mol. The third kappa shape index (κ3) is 6.71. The number of rotatable bonds is 6. The van der Waals surface area contributed by atoms with Gasteiger partial charge in [0.1, 0.15) is 18.2 Å². The molecule has 0 saturated carbocycles. The van der Waals surface area contributed by atoms with Gasteiger partial charge < -0.3 is 14.8 Å². The van der Waals surface area contributed by atoms with Gasteiger partial charge in [0, 0.05) is 17.7 Å². The maximum atomic E-state index is 11.9. The lowest BCUT2D eigenvalue weighted by molar-refractivity contribution is -0.394. The Hall–Kier alpha value is -3.24. The van der Waals surface area contributed by atoms with Crippen molar-refractivity contribution < 1.29 is 28.9 Å². The van der Waals surface area contributed by atoms with Crippen molar-refractivity contribution >= 4 is 23.4 Å². The minimum absolute atomic E-state index is 0.0729. The number of nitrogens with zero attached hydrogens (tertiary/aromatic N) is 2. The van der Waals surface area contributed by atoms with Crippen LogP contribution in [0.3, 0.4) is 0 Å². The summed E-state index contributed by atoms with van der Waals surface area (Å²) in [4.78, 5) is 43.6. The van der Waals surface area contributed by atoms with Crippen LogP contribution in [-0.2, 0) is 20.9 Å². The Morgan fingerprint density at radius 1 is 1.12 bits per heavy atom. The minimum Gasteiger partial charge on any atom is -0.459 e. The van der Waals surface area contributed by atoms with E-state index in [1.807, 2.05) is 0 Å². The molecule has 0 aliphatic carbocycles. The first-order valence-corrected chi connectivity index (χ1v) is 7.48. The average Bonchev–Trinajstić information content (AvgIpc) is 2.50. The molecule has 0 aromatic heterocycles. The van der Waals surface area contributed by atoms with E-state index in [1.165, 1.54) is 6.92 Å². The fourth-order valence-electron chi connectivity index (χ4n) is 1.77. The molecule has 0 bridgehead atoms. The molecule has 0 saturated heterocycles. The zero-order valence-corrected chi connectivity index (χ0v) is 14.7. The first-order chi connectivity index (χ1) is 11.9. The molecule has 142 valence electrons. The van der Waals surface area contributed by atoms with Gasteiger partial charge in [0.15, 0.2) is 0 Å². The summed E-state index contributed by atoms with van der Waals surface area (Å²) in [7, 11) is 0. The molecule has 0 radical (unpaired) electrons. The van der Waals surface area contributed by atoms with Gasteiger partial charge in [0.05, 0.1) is 15.9 Å². The van der Waals surface area contributed by atoms with Gasteiger partial charge in [-0.3, -0.25) is 20.2 Å². The summed E-state index contributed by atoms with van der Waals surface area (Å²) >= 11 is 0. The normalized spacial score (nSPS) is 12.0. The van der Waals surface area contributed by atoms with E-state index in [0.717, 1.165) is 18.2 Å². The number of carbonyl (C=O) groups is 2. The van der Waals surface area contributed by atoms with Gasteiger partial charge in [-0.1, -0.05) is 0 Å². The summed E-state index contributed by atoms with van der Waals surface area (Å²) in [6, 6.07) is 1.88. The molecule has 1 atom stereocenters. The molecule has 26 heavy (non-hydrogen) atoms. The van der Waals surface area contributed by atoms with Crippen LogP contribution in [-0.4, -0.2) is 33.6 Å². The molecule has 1 N–H and O–H groups in total. The highest BCUT2D eigenvalue weighted by Crippen LogP contribution is 2.23. The lowest BCUT2D eigenvalue weighted by Gasteiger charge is -2.21. The van der Waals surface area contributed by atoms with Gasteiger partial charge in [0.2, 0.25) is 0 Å². The van der Waals surface area contributed by atoms with E-state index in [4.69, 9.17) is 9.47 Å². The smallest absolute Gasteiger partial charge is 0.408 e. The number of carbonyl (C=O) groups excluding carboxylic acids is 2. The standard InChI is InChI=1S/C15H19N3O8/c1-9(16-14(20)26-15(2,3)4)13(19)25-8-10-5-11(17(21)22)7-12(6-10)18(23)24/h5-7,9H,8H2,1-4H3,(H,16,20)/t9-/m0/s1. The number of nitro groups is 2. The highest BCUT2D eigenvalue weighted by molar-refractivity contribution is 5.81. The Balaban J connectivity index is 2.73. The van der Waals surface area contributed by atoms with Crippen LogP contribution in [0, 0.1) is 20.2 Å². The number of alkyl carbamates (subject to hydrolysis) is 1. The van der Waals surface area contributed by atoms with Crippen molar-refractivity contribution in [3.63, 3.8) is 0 Å². The van der Waals surface area contributed by atoms with E-state index < -0.39 is 51.5 Å². The van der Waals surface area contributed by atoms with Crippen molar-refractivity contribution in [3.8, 4) is 0 Å². The van der Waals surface area contributed by atoms with E-state index in [-0.39, 0.29) is 5.56 Å². The number of benzene rings is 1. The number of nitro benzene ring substituents is 2. The van der Waals surface area contributed by atoms with Crippen molar-refractivity contribution in [2.75, 3.05) is 0 Å². The molecule has 1 amide bonds. The zero-order valence-electron chi connectivity index (χ0n) is 14.7. The molecule has 11 nitrogen and oxygen atoms in total. The topological polar surface area (TPSA) is 151 Å². The summed E-state index contributed by atoms with van der Waals surface area (Å²) in [6.07, 6.45) is -0.812. The fraction of sp³-hybridized carbons (Fsp3) is 0.467. The van der Waals surface area contributed by atoms with Crippen LogP contribution in [0.5, 0.6) is 0 Å². The number of esters is 1. The van der Waals surface area contributed by atoms with E-state index in [0.29, 0.717) is 0 Å². The number of hydrogen-bond donors (Lipinski definition) is 1. The van der Waals surface area contributed by atoms with Crippen LogP contribution in [0.15, 0.2) is 18.2 Å². The molecule has 1 aromatic carbocycles. The molecule has 0 aliphatic heterocycles. The molecule has 1 aromatic rings. The number of amides is 1. The summed E-state index contributed by atoms with van der Waals surface area (Å²) in [6.45, 7) is 5.91. The van der Waals surface area contributed by atoms with Crippen LogP contribution in [0.25, 0.3) is 0 Å². The maximum Gasteiger partial charge on any atom is 0.408 e. The van der Waals surface area contributed by atoms with Crippen LogP contribution < -0.4 is 5.32 Å². The Morgan fingerprint density at radius 2 is 1.62 bits per heavy atom. The number of non-ortho nitro benzene ring substituents is 2. The quantitative estimate of drug-likeness (QED) is 0.456. The Morgan fingerprint density at radius 3 is 2.04 bits per heavy atom. The predicted molar refractivity (Wildman–Crippen MR) is 88.4 cm³/mol. The Bertz CT molecular complexity index is 694. The van der Waals surface area contributed by atoms with Crippen LogP contribution in [0.1, 0.15) is 33.3 Å². The summed E-state index contributed by atoms with van der Waals surface area (Å²) in [5.41, 5.74) is -1.66. The molecule has 0 fully saturated rings. The highest BCUT2D eigenvalue weighted by atomic mass is 16.6. The summed E-state index contributed by atoms with van der Waals surface area (Å²) in [5, 5.41) is 23.9. The molecule has 0 unspecified atom stereocenters. The third-order valence-electron chi connectivity index (χ3n) is 2.85. The second kappa shape index (κ2) is 8.23. The van der Waals surface area contributed by atoms with Crippen molar-refractivity contribution in [2.24, 2.45) is 0 Å². The summed E-state index contributed by atoms with van der Waals surface area (Å²) < 4.78 is 9.93. The molecule has 11 heteroatoms. The lowest BCUT2D eigenvalue weighted by atomic mass is 10.2. The van der Waals surface area contributed by atoms with Gasteiger partial charge >= 0.3 is 12.1 Å². The van der Waals surface area contributed by atoms with E-state index in [1.54, 1.807) is 20.8 Å². The summed E-state index contributed by atoms with van der Waals surface area (Å²) in [5.74, 6) is -0.829. The monoisotopic (exact) mass is 369 g/mol. The number of hydrogen-bond acceptors (Lipinski definition) is 8. The van der Waals surface area contributed by atoms with Crippen LogP contribution in [0.4, 0.5) is 16.2 Å². The second-order valence-electron chi connectivity index (χ2n) is 6.35. The first kappa shape index (κ1) is 20.8. The van der Waals surface area contributed by atoms with E-state index >= 15 is 0 Å². The van der Waals surface area contributed by atoms with E-state index in [2.05, 4.69) is 5.32 Å². The van der Waals surface area contributed by atoms with Gasteiger partial charge in [0.25, 0.3) is 11.4 Å². The highest BCUT2D eigenvalue weighted by Gasteiger charge is 2.23. The van der Waals surface area contributed by atoms with E-state index in [9.17, 15) is 29.8 Å². The van der Waals surface area contributed by atoms with Gasteiger partial charge in [-0.05, 0) is 27.7 Å². The SMILES string of the molecule is C[C@H](NC(=O)OC(C)(C)C)C(=O)OCc1cc([N+](=O)[O-])cc([N+](=O)[O-])c1.